The summed E-state index contributed by atoms with van der Waals surface area (Å²) in [5, 5.41) is 12.6. The lowest BCUT2D eigenvalue weighted by molar-refractivity contribution is 0.201. The Morgan fingerprint density at radius 1 is 1.35 bits per heavy atom. The third-order valence-electron chi connectivity index (χ3n) is 2.48. The van der Waals surface area contributed by atoms with Crippen LogP contribution >= 0.6 is 0 Å². The number of anilines is 2. The normalized spacial score (nSPS) is 12.4. The fourth-order valence-corrected chi connectivity index (χ4v) is 1.81. The second-order valence-electron chi connectivity index (χ2n) is 4.33. The SMILES string of the molecule is CCNc1nc(C)nc(N(C)CC(C)O)c1C. The highest BCUT2D eigenvalue weighted by atomic mass is 16.3. The highest BCUT2D eigenvalue weighted by molar-refractivity contribution is 5.58. The molecular weight excluding hydrogens is 216 g/mol. The molecule has 1 unspecified atom stereocenters. The van der Waals surface area contributed by atoms with Gasteiger partial charge in [0.15, 0.2) is 0 Å². The molecule has 2 N–H and O–H groups in total. The summed E-state index contributed by atoms with van der Waals surface area (Å²) >= 11 is 0. The van der Waals surface area contributed by atoms with E-state index < -0.39 is 0 Å². The first-order valence-corrected chi connectivity index (χ1v) is 5.94. The zero-order chi connectivity index (χ0) is 13.0. The molecule has 0 fully saturated rings. The minimum Gasteiger partial charge on any atom is -0.392 e. The second-order valence-corrected chi connectivity index (χ2v) is 4.33. The van der Waals surface area contributed by atoms with Gasteiger partial charge in [0, 0.05) is 25.7 Å². The molecule has 0 saturated heterocycles. The fraction of sp³-hybridized carbons (Fsp3) is 0.667. The molecule has 5 nitrogen and oxygen atoms in total. The van der Waals surface area contributed by atoms with Crippen LogP contribution in [0.15, 0.2) is 0 Å². The van der Waals surface area contributed by atoms with Crippen molar-refractivity contribution in [2.75, 3.05) is 30.4 Å². The largest absolute Gasteiger partial charge is 0.392 e. The highest BCUT2D eigenvalue weighted by Gasteiger charge is 2.13. The van der Waals surface area contributed by atoms with E-state index in [-0.39, 0.29) is 6.10 Å². The maximum atomic E-state index is 9.42. The minimum atomic E-state index is -0.378. The van der Waals surface area contributed by atoms with Crippen molar-refractivity contribution in [2.24, 2.45) is 0 Å². The summed E-state index contributed by atoms with van der Waals surface area (Å²) in [5.74, 6) is 2.47. The maximum absolute atomic E-state index is 9.42. The molecule has 0 saturated carbocycles. The van der Waals surface area contributed by atoms with Gasteiger partial charge in [-0.3, -0.25) is 0 Å². The Kier molecular flexibility index (Phi) is 4.69. The zero-order valence-corrected chi connectivity index (χ0v) is 11.3. The average Bonchev–Trinajstić information content (AvgIpc) is 2.22. The number of rotatable bonds is 5. The van der Waals surface area contributed by atoms with E-state index in [1.165, 1.54) is 0 Å². The summed E-state index contributed by atoms with van der Waals surface area (Å²) in [4.78, 5) is 10.8. The Balaban J connectivity index is 3.05. The van der Waals surface area contributed by atoms with E-state index in [1.807, 2.05) is 32.7 Å². The Bertz CT molecular complexity index is 379. The number of likely N-dealkylation sites (N-methyl/N-ethyl adjacent to an activating group) is 1. The van der Waals surface area contributed by atoms with Gasteiger partial charge < -0.3 is 15.3 Å². The van der Waals surface area contributed by atoms with Gasteiger partial charge in [0.25, 0.3) is 0 Å². The molecule has 0 aliphatic rings. The Morgan fingerprint density at radius 2 is 2.00 bits per heavy atom. The lowest BCUT2D eigenvalue weighted by Crippen LogP contribution is -2.29. The third kappa shape index (κ3) is 3.56. The molecule has 0 bridgehead atoms. The van der Waals surface area contributed by atoms with E-state index in [2.05, 4.69) is 15.3 Å². The second kappa shape index (κ2) is 5.82. The van der Waals surface area contributed by atoms with Crippen molar-refractivity contribution in [1.29, 1.82) is 0 Å². The Hall–Kier alpha value is -1.36. The number of hydrogen-bond donors (Lipinski definition) is 2. The van der Waals surface area contributed by atoms with Crippen LogP contribution in [-0.2, 0) is 0 Å². The van der Waals surface area contributed by atoms with Gasteiger partial charge in [0.2, 0.25) is 0 Å². The Morgan fingerprint density at radius 3 is 2.53 bits per heavy atom. The molecule has 17 heavy (non-hydrogen) atoms. The number of aryl methyl sites for hydroxylation is 1. The highest BCUT2D eigenvalue weighted by Crippen LogP contribution is 2.22. The van der Waals surface area contributed by atoms with Gasteiger partial charge in [0.05, 0.1) is 6.10 Å². The summed E-state index contributed by atoms with van der Waals surface area (Å²) in [7, 11) is 1.93. The molecule has 5 heteroatoms. The predicted molar refractivity (Wildman–Crippen MR) is 70.6 cm³/mol. The maximum Gasteiger partial charge on any atom is 0.137 e. The molecule has 96 valence electrons. The standard InChI is InChI=1S/C12H22N4O/c1-6-13-11-9(3)12(15-10(4)14-11)16(5)7-8(2)17/h8,17H,6-7H2,1-5H3,(H,13,14,15). The van der Waals surface area contributed by atoms with Gasteiger partial charge in [0.1, 0.15) is 17.5 Å². The zero-order valence-electron chi connectivity index (χ0n) is 11.3. The molecule has 0 radical (unpaired) electrons. The monoisotopic (exact) mass is 238 g/mol. The number of nitrogens with one attached hydrogen (secondary N) is 1. The lowest BCUT2D eigenvalue weighted by Gasteiger charge is -2.23. The van der Waals surface area contributed by atoms with Crippen LogP contribution in [0, 0.1) is 13.8 Å². The summed E-state index contributed by atoms with van der Waals surface area (Å²) in [6.07, 6.45) is -0.378. The average molecular weight is 238 g/mol. The van der Waals surface area contributed by atoms with Gasteiger partial charge in [-0.15, -0.1) is 0 Å². The number of nitrogens with zero attached hydrogens (tertiary/aromatic N) is 3. The van der Waals surface area contributed by atoms with Crippen LogP contribution in [0.4, 0.5) is 11.6 Å². The van der Waals surface area contributed by atoms with E-state index in [9.17, 15) is 5.11 Å². The van der Waals surface area contributed by atoms with Gasteiger partial charge in [-0.2, -0.15) is 0 Å². The van der Waals surface area contributed by atoms with Crippen molar-refractivity contribution >= 4 is 11.6 Å². The van der Waals surface area contributed by atoms with E-state index >= 15 is 0 Å². The van der Waals surface area contributed by atoms with Crippen LogP contribution in [0.1, 0.15) is 25.2 Å². The molecule has 1 heterocycles. The van der Waals surface area contributed by atoms with Gasteiger partial charge in [-0.05, 0) is 27.7 Å². The predicted octanol–water partition coefficient (Wildman–Crippen LogP) is 1.34. The molecule has 0 aliphatic carbocycles. The molecule has 1 aromatic heterocycles. The first-order valence-electron chi connectivity index (χ1n) is 5.94. The quantitative estimate of drug-likeness (QED) is 0.810. The summed E-state index contributed by atoms with van der Waals surface area (Å²) in [5.41, 5.74) is 1.01. The van der Waals surface area contributed by atoms with Crippen molar-refractivity contribution in [3.8, 4) is 0 Å². The van der Waals surface area contributed by atoms with Crippen molar-refractivity contribution in [3.05, 3.63) is 11.4 Å². The summed E-state index contributed by atoms with van der Waals surface area (Å²) < 4.78 is 0. The topological polar surface area (TPSA) is 61.3 Å². The van der Waals surface area contributed by atoms with E-state index in [0.29, 0.717) is 6.54 Å². The third-order valence-corrected chi connectivity index (χ3v) is 2.48. The van der Waals surface area contributed by atoms with E-state index in [4.69, 9.17) is 0 Å². The van der Waals surface area contributed by atoms with Crippen molar-refractivity contribution in [3.63, 3.8) is 0 Å². The van der Waals surface area contributed by atoms with Crippen LogP contribution in [-0.4, -0.2) is 41.3 Å². The molecule has 1 rings (SSSR count). The smallest absolute Gasteiger partial charge is 0.137 e. The molecule has 1 aromatic rings. The first kappa shape index (κ1) is 13.7. The van der Waals surface area contributed by atoms with E-state index in [0.717, 1.165) is 29.6 Å². The fourth-order valence-electron chi connectivity index (χ4n) is 1.81. The minimum absolute atomic E-state index is 0.378. The first-order chi connectivity index (χ1) is 7.95. The molecule has 1 atom stereocenters. The van der Waals surface area contributed by atoms with Crippen LogP contribution < -0.4 is 10.2 Å². The van der Waals surface area contributed by atoms with E-state index in [1.54, 1.807) is 6.92 Å². The molecular formula is C12H22N4O. The lowest BCUT2D eigenvalue weighted by atomic mass is 10.2. The number of hydrogen-bond acceptors (Lipinski definition) is 5. The molecule has 0 aliphatic heterocycles. The summed E-state index contributed by atoms with van der Waals surface area (Å²) in [6, 6.07) is 0. The molecule has 0 spiro atoms. The van der Waals surface area contributed by atoms with Crippen molar-refractivity contribution < 1.29 is 5.11 Å². The molecule has 0 amide bonds. The van der Waals surface area contributed by atoms with Crippen LogP contribution in [0.25, 0.3) is 0 Å². The van der Waals surface area contributed by atoms with Crippen LogP contribution in [0.5, 0.6) is 0 Å². The van der Waals surface area contributed by atoms with Crippen molar-refractivity contribution in [2.45, 2.75) is 33.8 Å². The Labute approximate surface area is 103 Å². The van der Waals surface area contributed by atoms with Crippen molar-refractivity contribution in [1.82, 2.24) is 9.97 Å². The molecule has 0 aromatic carbocycles. The van der Waals surface area contributed by atoms with Gasteiger partial charge in [-0.1, -0.05) is 0 Å². The van der Waals surface area contributed by atoms with Gasteiger partial charge in [-0.25, -0.2) is 9.97 Å². The summed E-state index contributed by atoms with van der Waals surface area (Å²) in [6.45, 7) is 9.06. The number of aromatic nitrogens is 2. The van der Waals surface area contributed by atoms with Crippen LogP contribution in [0.3, 0.4) is 0 Å². The number of aliphatic hydroxyl groups excluding tert-OH is 1. The number of aliphatic hydroxyl groups is 1. The van der Waals surface area contributed by atoms with Gasteiger partial charge >= 0.3 is 0 Å². The van der Waals surface area contributed by atoms with Crippen LogP contribution in [0.2, 0.25) is 0 Å².